The molecule has 0 saturated carbocycles. The minimum Gasteiger partial charge on any atom is 0 e. The van der Waals surface area contributed by atoms with Gasteiger partial charge in [0.25, 0.3) is 0 Å². The number of nitrogens with zero attached hydrogens (tertiary/aromatic N) is 1. The van der Waals surface area contributed by atoms with E-state index < -0.39 is 8.07 Å². The normalized spacial score (nSPS) is 8.95. The summed E-state index contributed by atoms with van der Waals surface area (Å²) in [5.74, 6) is 0. The van der Waals surface area contributed by atoms with Crippen molar-refractivity contribution >= 4 is 19.5 Å². The van der Waals surface area contributed by atoms with E-state index in [9.17, 15) is 5.21 Å². The van der Waals surface area contributed by atoms with Crippen molar-refractivity contribution in [2.45, 2.75) is 19.6 Å². The van der Waals surface area contributed by atoms with Crippen LogP contribution in [0.1, 0.15) is 5.56 Å². The molecular weight excluding hydrogens is 326 g/mol. The summed E-state index contributed by atoms with van der Waals surface area (Å²) < 4.78 is 23.4. The second kappa shape index (κ2) is 16.7. The fourth-order valence-corrected chi connectivity index (χ4v) is 3.10. The summed E-state index contributed by atoms with van der Waals surface area (Å²) in [6.07, 6.45) is 1.65. The molecule has 21 heavy (non-hydrogen) atoms. The van der Waals surface area contributed by atoms with Crippen LogP contribution in [0.25, 0.3) is 0 Å². The molecule has 0 unspecified atom stereocenters. The zero-order chi connectivity index (χ0) is 16.8. The van der Waals surface area contributed by atoms with Gasteiger partial charge in [-0.3, -0.25) is 0 Å². The van der Waals surface area contributed by atoms with Crippen molar-refractivity contribution in [2.75, 3.05) is 7.05 Å². The SMILES string of the molecule is C/[N+]([O-])=C/c1ccccc1[Si](C)(C)C.[C-]#[O+].[C-]#[O+].[C-]#[O+].[Cr]. The predicted molar refractivity (Wildman–Crippen MR) is 75.9 cm³/mol. The van der Waals surface area contributed by atoms with Crippen LogP contribution < -0.4 is 5.19 Å². The Morgan fingerprint density at radius 2 is 1.38 bits per heavy atom. The average Bonchev–Trinajstić information content (AvgIpc) is 2.44. The van der Waals surface area contributed by atoms with Crippen LogP contribution in [0, 0.1) is 25.2 Å². The maximum absolute atomic E-state index is 11.0. The van der Waals surface area contributed by atoms with Crippen LogP contribution in [0.2, 0.25) is 19.6 Å². The minimum atomic E-state index is -1.34. The van der Waals surface area contributed by atoms with Crippen molar-refractivity contribution in [2.24, 2.45) is 0 Å². The van der Waals surface area contributed by atoms with Crippen molar-refractivity contribution in [1.82, 2.24) is 0 Å². The molecule has 1 aromatic carbocycles. The standard InChI is InChI=1S/C11H17NOSi.3CO.Cr/c1-12(13)9-10-7-5-6-8-11(10)14(2,3)4;3*1-2;/h5-9H,1-4H3;;;;/b12-9-;;;;. The molecule has 0 bridgehead atoms. The van der Waals surface area contributed by atoms with E-state index >= 15 is 0 Å². The number of benzene rings is 1. The van der Waals surface area contributed by atoms with E-state index in [1.54, 1.807) is 6.21 Å². The van der Waals surface area contributed by atoms with Gasteiger partial charge in [-0.25, -0.2) is 4.74 Å². The third-order valence-electron chi connectivity index (χ3n) is 2.09. The Bertz CT molecular complexity index is 458. The van der Waals surface area contributed by atoms with Gasteiger partial charge in [0.15, 0.2) is 6.21 Å². The fraction of sp³-hybridized carbons (Fsp3) is 0.286. The number of hydrogen-bond acceptors (Lipinski definition) is 1. The molecule has 7 heteroatoms. The van der Waals surface area contributed by atoms with Crippen LogP contribution in [0.5, 0.6) is 0 Å². The fourth-order valence-electron chi connectivity index (χ4n) is 1.49. The van der Waals surface area contributed by atoms with Crippen LogP contribution in [0.4, 0.5) is 0 Å². The third-order valence-corrected chi connectivity index (χ3v) is 4.16. The van der Waals surface area contributed by atoms with E-state index in [-0.39, 0.29) is 17.4 Å². The predicted octanol–water partition coefficient (Wildman–Crippen LogP) is 1.68. The number of hydrogen-bond donors (Lipinski definition) is 0. The van der Waals surface area contributed by atoms with Gasteiger partial charge in [-0.05, 0) is 11.3 Å². The van der Waals surface area contributed by atoms with Crippen LogP contribution in [0.15, 0.2) is 24.3 Å². The number of rotatable bonds is 2. The smallest absolute Gasteiger partial charge is 0 e. The van der Waals surface area contributed by atoms with Crippen LogP contribution in [-0.4, -0.2) is 26.1 Å². The molecule has 0 saturated heterocycles. The van der Waals surface area contributed by atoms with Gasteiger partial charge in [0.1, 0.15) is 7.05 Å². The molecule has 0 aliphatic rings. The van der Waals surface area contributed by atoms with Gasteiger partial charge >= 0.3 is 33.9 Å². The van der Waals surface area contributed by atoms with Crippen LogP contribution in [0.3, 0.4) is 0 Å². The van der Waals surface area contributed by atoms with Gasteiger partial charge in [-0.2, -0.15) is 0 Å². The first kappa shape index (κ1) is 27.9. The largest absolute Gasteiger partial charge is 0 e. The summed E-state index contributed by atoms with van der Waals surface area (Å²) in [7, 11) is 0.173. The van der Waals surface area contributed by atoms with Crippen molar-refractivity contribution in [1.29, 1.82) is 0 Å². The maximum atomic E-state index is 11.0. The van der Waals surface area contributed by atoms with E-state index in [1.807, 2.05) is 18.2 Å². The molecule has 5 nitrogen and oxygen atoms in total. The summed E-state index contributed by atoms with van der Waals surface area (Å²) in [4.78, 5) is 0. The molecule has 0 N–H and O–H groups in total. The second-order valence-electron chi connectivity index (χ2n) is 4.51. The molecule has 0 heterocycles. The van der Waals surface area contributed by atoms with Crippen molar-refractivity contribution < 1.29 is 36.1 Å². The first-order chi connectivity index (χ1) is 9.41. The zero-order valence-corrected chi connectivity index (χ0v) is 14.7. The first-order valence-electron chi connectivity index (χ1n) is 5.37. The zero-order valence-electron chi connectivity index (χ0n) is 12.4. The van der Waals surface area contributed by atoms with Gasteiger partial charge in [0, 0.05) is 22.9 Å². The third kappa shape index (κ3) is 13.4. The number of hydroxylamine groups is 1. The van der Waals surface area contributed by atoms with Gasteiger partial charge < -0.3 is 5.21 Å². The molecule has 0 fully saturated rings. The van der Waals surface area contributed by atoms with Crippen LogP contribution in [-0.2, 0) is 31.3 Å². The summed E-state index contributed by atoms with van der Waals surface area (Å²) in [6, 6.07) is 8.14. The Balaban J connectivity index is -0.000000183. The Kier molecular flexibility index (Phi) is 22.2. The Hall–Kier alpha value is -1.34. The van der Waals surface area contributed by atoms with Crippen molar-refractivity contribution in [3.8, 4) is 0 Å². The first-order valence-corrected chi connectivity index (χ1v) is 8.87. The average molecular weight is 343 g/mol. The van der Waals surface area contributed by atoms with Gasteiger partial charge in [0.2, 0.25) is 0 Å². The summed E-state index contributed by atoms with van der Waals surface area (Å²) >= 11 is 0. The maximum Gasteiger partial charge on any atom is 0 e. The molecule has 1 aromatic rings. The Morgan fingerprint density at radius 3 is 1.71 bits per heavy atom. The summed E-state index contributed by atoms with van der Waals surface area (Å²) in [5, 5.41) is 12.3. The van der Waals surface area contributed by atoms with Crippen molar-refractivity contribution in [3.05, 3.63) is 55.0 Å². The molecular formula is C14H17CrNO4Si. The van der Waals surface area contributed by atoms with E-state index in [0.717, 1.165) is 10.3 Å². The van der Waals surface area contributed by atoms with Crippen LogP contribution >= 0.6 is 0 Å². The molecule has 112 valence electrons. The minimum absolute atomic E-state index is 0. The van der Waals surface area contributed by atoms with E-state index in [1.165, 1.54) is 12.2 Å². The quantitative estimate of drug-likeness (QED) is 0.153. The topological polar surface area (TPSA) is 85.8 Å². The molecule has 0 aliphatic heterocycles. The molecule has 1 rings (SSSR count). The van der Waals surface area contributed by atoms with E-state index in [0.29, 0.717) is 0 Å². The van der Waals surface area contributed by atoms with Gasteiger partial charge in [0.05, 0.1) is 8.07 Å². The molecule has 0 aromatic heterocycles. The summed E-state index contributed by atoms with van der Waals surface area (Å²) in [5.41, 5.74) is 1.06. The van der Waals surface area contributed by atoms with Gasteiger partial charge in [-0.1, -0.05) is 37.8 Å². The van der Waals surface area contributed by atoms with E-state index in [4.69, 9.17) is 14.0 Å². The monoisotopic (exact) mass is 343 g/mol. The molecule has 0 aliphatic carbocycles. The molecule has 0 amide bonds. The summed E-state index contributed by atoms with van der Waals surface area (Å²) in [6.45, 7) is 20.3. The molecule has 0 spiro atoms. The van der Waals surface area contributed by atoms with Gasteiger partial charge in [-0.15, -0.1) is 0 Å². The second-order valence-corrected chi connectivity index (χ2v) is 9.55. The molecule has 0 atom stereocenters. The Labute approximate surface area is 137 Å². The Morgan fingerprint density at radius 1 is 1.00 bits per heavy atom. The van der Waals surface area contributed by atoms with Crippen molar-refractivity contribution in [3.63, 3.8) is 0 Å². The molecule has 0 radical (unpaired) electrons. The van der Waals surface area contributed by atoms with E-state index in [2.05, 4.69) is 45.7 Å².